The Kier molecular flexibility index (Phi) is 4.67. The van der Waals surface area contributed by atoms with Crippen LogP contribution in [0.1, 0.15) is 46.5 Å². The first-order valence-corrected chi connectivity index (χ1v) is 7.58. The van der Waals surface area contributed by atoms with Gasteiger partial charge in [0.25, 0.3) is 0 Å². The SMILES string of the molecule is COC(=O)C1(NC(=O)OC(C)(C)C)CCC2(CC1)OCCO2. The number of alkyl carbamates (subject to hydrolysis) is 1. The quantitative estimate of drug-likeness (QED) is 0.782. The Bertz CT molecular complexity index is 426. The van der Waals surface area contributed by atoms with Crippen molar-refractivity contribution in [3.05, 3.63) is 0 Å². The minimum atomic E-state index is -1.09. The molecule has 0 unspecified atom stereocenters. The molecule has 1 heterocycles. The largest absolute Gasteiger partial charge is 0.467 e. The molecule has 1 saturated heterocycles. The van der Waals surface area contributed by atoms with Crippen LogP contribution in [0.5, 0.6) is 0 Å². The van der Waals surface area contributed by atoms with Crippen molar-refractivity contribution in [1.82, 2.24) is 5.32 Å². The van der Waals surface area contributed by atoms with Crippen LogP contribution in [0, 0.1) is 0 Å². The minimum Gasteiger partial charge on any atom is -0.467 e. The number of ether oxygens (including phenoxy) is 4. The van der Waals surface area contributed by atoms with Crippen molar-refractivity contribution >= 4 is 12.1 Å². The number of nitrogens with one attached hydrogen (secondary N) is 1. The summed E-state index contributed by atoms with van der Waals surface area (Å²) in [5, 5.41) is 2.70. The normalized spacial score (nSPS) is 23.1. The van der Waals surface area contributed by atoms with Crippen LogP contribution in [0.15, 0.2) is 0 Å². The van der Waals surface area contributed by atoms with Crippen LogP contribution in [0.25, 0.3) is 0 Å². The lowest BCUT2D eigenvalue weighted by atomic mass is 9.78. The molecule has 2 aliphatic rings. The molecule has 126 valence electrons. The van der Waals surface area contributed by atoms with Gasteiger partial charge < -0.3 is 24.3 Å². The van der Waals surface area contributed by atoms with E-state index in [0.717, 1.165) is 0 Å². The number of hydrogen-bond donors (Lipinski definition) is 1. The molecule has 1 saturated carbocycles. The lowest BCUT2D eigenvalue weighted by Gasteiger charge is -2.42. The average molecular weight is 315 g/mol. The Balaban J connectivity index is 2.06. The first kappa shape index (κ1) is 17.0. The molecule has 0 atom stereocenters. The van der Waals surface area contributed by atoms with E-state index in [1.807, 2.05) is 0 Å². The second kappa shape index (κ2) is 6.04. The van der Waals surface area contributed by atoms with Crippen LogP contribution in [-0.4, -0.2) is 49.3 Å². The van der Waals surface area contributed by atoms with Crippen molar-refractivity contribution in [1.29, 1.82) is 0 Å². The van der Waals surface area contributed by atoms with Crippen LogP contribution in [0.4, 0.5) is 4.79 Å². The summed E-state index contributed by atoms with van der Waals surface area (Å²) in [6.07, 6.45) is 1.20. The van der Waals surface area contributed by atoms with Gasteiger partial charge in [0.15, 0.2) is 5.79 Å². The summed E-state index contributed by atoms with van der Waals surface area (Å²) in [7, 11) is 1.31. The third kappa shape index (κ3) is 3.70. The van der Waals surface area contributed by atoms with Crippen molar-refractivity contribution in [2.45, 2.75) is 63.4 Å². The van der Waals surface area contributed by atoms with Gasteiger partial charge in [-0.2, -0.15) is 0 Å². The summed E-state index contributed by atoms with van der Waals surface area (Å²) in [6.45, 7) is 6.43. The molecular formula is C15H25NO6. The molecule has 1 spiro atoms. The average Bonchev–Trinajstić information content (AvgIpc) is 2.87. The Labute approximate surface area is 130 Å². The molecule has 7 heteroatoms. The predicted octanol–water partition coefficient (Wildman–Crippen LogP) is 1.74. The molecule has 1 aliphatic carbocycles. The molecular weight excluding hydrogens is 290 g/mol. The summed E-state index contributed by atoms with van der Waals surface area (Å²) in [5.41, 5.74) is -1.72. The Morgan fingerprint density at radius 1 is 1.05 bits per heavy atom. The minimum absolute atomic E-state index is 0.388. The predicted molar refractivity (Wildman–Crippen MR) is 77.2 cm³/mol. The zero-order valence-electron chi connectivity index (χ0n) is 13.7. The van der Waals surface area contributed by atoms with E-state index < -0.39 is 29.0 Å². The fourth-order valence-electron chi connectivity index (χ4n) is 2.92. The number of carbonyl (C=O) groups is 2. The molecule has 2 rings (SSSR count). The van der Waals surface area contributed by atoms with Gasteiger partial charge >= 0.3 is 12.1 Å². The summed E-state index contributed by atoms with van der Waals surface area (Å²) in [4.78, 5) is 24.3. The number of esters is 1. The summed E-state index contributed by atoms with van der Waals surface area (Å²) >= 11 is 0. The number of carbonyl (C=O) groups excluding carboxylic acids is 2. The van der Waals surface area contributed by atoms with Gasteiger partial charge in [-0.25, -0.2) is 9.59 Å². The fourth-order valence-corrected chi connectivity index (χ4v) is 2.92. The lowest BCUT2D eigenvalue weighted by Crippen LogP contribution is -2.60. The second-order valence-corrected chi connectivity index (χ2v) is 6.81. The topological polar surface area (TPSA) is 83.1 Å². The van der Waals surface area contributed by atoms with Crippen molar-refractivity contribution in [3.8, 4) is 0 Å². The molecule has 1 aliphatic heterocycles. The highest BCUT2D eigenvalue weighted by Crippen LogP contribution is 2.40. The molecule has 0 aromatic heterocycles. The zero-order valence-corrected chi connectivity index (χ0v) is 13.7. The highest BCUT2D eigenvalue weighted by atomic mass is 16.7. The maximum absolute atomic E-state index is 12.2. The monoisotopic (exact) mass is 315 g/mol. The van der Waals surface area contributed by atoms with Crippen molar-refractivity contribution in [2.24, 2.45) is 0 Å². The highest BCUT2D eigenvalue weighted by Gasteiger charge is 2.51. The standard InChI is InChI=1S/C15H25NO6/c1-13(2,3)22-12(18)16-14(11(17)19-4)5-7-15(8-6-14)20-9-10-21-15/h5-10H2,1-4H3,(H,16,18). The molecule has 2 fully saturated rings. The first-order chi connectivity index (χ1) is 10.2. The molecule has 1 N–H and O–H groups in total. The number of amides is 1. The van der Waals surface area contributed by atoms with E-state index in [1.165, 1.54) is 7.11 Å². The first-order valence-electron chi connectivity index (χ1n) is 7.58. The molecule has 1 amide bonds. The third-order valence-corrected chi connectivity index (χ3v) is 4.00. The molecule has 0 aromatic rings. The van der Waals surface area contributed by atoms with Crippen LogP contribution in [-0.2, 0) is 23.7 Å². The Hall–Kier alpha value is -1.34. The maximum atomic E-state index is 12.2. The molecule has 7 nitrogen and oxygen atoms in total. The Morgan fingerprint density at radius 2 is 1.59 bits per heavy atom. The van der Waals surface area contributed by atoms with Crippen molar-refractivity contribution < 1.29 is 28.5 Å². The maximum Gasteiger partial charge on any atom is 0.408 e. The number of hydrogen-bond acceptors (Lipinski definition) is 6. The van der Waals surface area contributed by atoms with E-state index >= 15 is 0 Å². The van der Waals surface area contributed by atoms with Gasteiger partial charge in [-0.05, 0) is 33.6 Å². The van der Waals surface area contributed by atoms with Gasteiger partial charge in [-0.3, -0.25) is 0 Å². The van der Waals surface area contributed by atoms with E-state index in [2.05, 4.69) is 5.32 Å². The van der Waals surface area contributed by atoms with Gasteiger partial charge in [0.2, 0.25) is 0 Å². The number of methoxy groups -OCH3 is 1. The summed E-state index contributed by atoms with van der Waals surface area (Å²) < 4.78 is 21.5. The van der Waals surface area contributed by atoms with E-state index in [0.29, 0.717) is 38.9 Å². The van der Waals surface area contributed by atoms with Gasteiger partial charge in [0.1, 0.15) is 11.1 Å². The number of rotatable bonds is 2. The van der Waals surface area contributed by atoms with Gasteiger partial charge in [-0.15, -0.1) is 0 Å². The molecule has 22 heavy (non-hydrogen) atoms. The van der Waals surface area contributed by atoms with Crippen molar-refractivity contribution in [2.75, 3.05) is 20.3 Å². The fraction of sp³-hybridized carbons (Fsp3) is 0.867. The lowest BCUT2D eigenvalue weighted by molar-refractivity contribution is -0.191. The molecule has 0 radical (unpaired) electrons. The van der Waals surface area contributed by atoms with Gasteiger partial charge in [0, 0.05) is 12.8 Å². The van der Waals surface area contributed by atoms with Crippen LogP contribution < -0.4 is 5.32 Å². The summed E-state index contributed by atoms with van der Waals surface area (Å²) in [6, 6.07) is 0. The second-order valence-electron chi connectivity index (χ2n) is 6.81. The summed E-state index contributed by atoms with van der Waals surface area (Å²) in [5.74, 6) is -1.08. The van der Waals surface area contributed by atoms with Crippen LogP contribution in [0.3, 0.4) is 0 Å². The van der Waals surface area contributed by atoms with Crippen molar-refractivity contribution in [3.63, 3.8) is 0 Å². The third-order valence-electron chi connectivity index (χ3n) is 4.00. The zero-order chi connectivity index (χ0) is 16.4. The van der Waals surface area contributed by atoms with Crippen LogP contribution in [0.2, 0.25) is 0 Å². The van der Waals surface area contributed by atoms with E-state index in [1.54, 1.807) is 20.8 Å². The highest BCUT2D eigenvalue weighted by molar-refractivity contribution is 5.86. The van der Waals surface area contributed by atoms with E-state index in [9.17, 15) is 9.59 Å². The smallest absolute Gasteiger partial charge is 0.408 e. The molecule has 0 bridgehead atoms. The van der Waals surface area contributed by atoms with Crippen LogP contribution >= 0.6 is 0 Å². The Morgan fingerprint density at radius 3 is 2.05 bits per heavy atom. The van der Waals surface area contributed by atoms with E-state index in [-0.39, 0.29) is 0 Å². The van der Waals surface area contributed by atoms with Gasteiger partial charge in [0.05, 0.1) is 20.3 Å². The van der Waals surface area contributed by atoms with Gasteiger partial charge in [-0.1, -0.05) is 0 Å². The molecule has 0 aromatic carbocycles. The van der Waals surface area contributed by atoms with E-state index in [4.69, 9.17) is 18.9 Å².